The highest BCUT2D eigenvalue weighted by atomic mass is 32.2. The van der Waals surface area contributed by atoms with E-state index in [0.717, 1.165) is 28.8 Å². The summed E-state index contributed by atoms with van der Waals surface area (Å²) in [7, 11) is -3.29. The Kier molecular flexibility index (Phi) is 9.27. The molecule has 0 spiro atoms. The fourth-order valence-corrected chi connectivity index (χ4v) is 7.68. The number of carbonyl (C=O) groups is 1. The Labute approximate surface area is 255 Å². The number of aromatic nitrogens is 4. The SMILES string of the molecule is O=C(Nc1ncc(-c2cn(CCOCc3ccccc3)nn2)s1)C(CC1CCOCC1)c1ccc(S(=O)(=O)C2CC2)cc1. The van der Waals surface area contributed by atoms with Gasteiger partial charge in [-0.3, -0.25) is 4.79 Å². The lowest BCUT2D eigenvalue weighted by molar-refractivity contribution is -0.118. The van der Waals surface area contributed by atoms with Crippen LogP contribution in [0.2, 0.25) is 0 Å². The summed E-state index contributed by atoms with van der Waals surface area (Å²) in [6.07, 6.45) is 7.41. The fraction of sp³-hybridized carbons (Fsp3) is 0.419. The molecule has 2 aromatic heterocycles. The summed E-state index contributed by atoms with van der Waals surface area (Å²) < 4.78 is 38.4. The van der Waals surface area contributed by atoms with E-state index in [0.29, 0.717) is 73.9 Å². The number of hydrogen-bond donors (Lipinski definition) is 1. The average Bonchev–Trinajstić information content (AvgIpc) is 3.64. The van der Waals surface area contributed by atoms with Gasteiger partial charge < -0.3 is 14.8 Å². The Balaban J connectivity index is 1.09. The zero-order valence-corrected chi connectivity index (χ0v) is 25.4. The van der Waals surface area contributed by atoms with Gasteiger partial charge in [0.15, 0.2) is 15.0 Å². The van der Waals surface area contributed by atoms with Crippen LogP contribution in [0.15, 0.2) is 71.9 Å². The minimum absolute atomic E-state index is 0.163. The molecule has 1 aliphatic heterocycles. The highest BCUT2D eigenvalue weighted by molar-refractivity contribution is 7.92. The molecule has 0 radical (unpaired) electrons. The minimum Gasteiger partial charge on any atom is -0.381 e. The van der Waals surface area contributed by atoms with Gasteiger partial charge in [0.2, 0.25) is 5.91 Å². The third-order valence-corrected chi connectivity index (χ3v) is 11.1. The van der Waals surface area contributed by atoms with Crippen molar-refractivity contribution in [3.05, 3.63) is 78.1 Å². The van der Waals surface area contributed by atoms with Crippen LogP contribution in [-0.4, -0.2) is 59.4 Å². The van der Waals surface area contributed by atoms with Crippen molar-refractivity contribution in [2.75, 3.05) is 25.1 Å². The molecule has 2 aliphatic rings. The van der Waals surface area contributed by atoms with E-state index >= 15 is 0 Å². The molecule has 226 valence electrons. The van der Waals surface area contributed by atoms with Crippen molar-refractivity contribution in [2.45, 2.75) is 61.3 Å². The first-order chi connectivity index (χ1) is 21.0. The maximum absolute atomic E-state index is 13.6. The molecule has 10 nitrogen and oxygen atoms in total. The first-order valence-corrected chi connectivity index (χ1v) is 17.0. The normalized spacial score (nSPS) is 16.7. The van der Waals surface area contributed by atoms with Crippen LogP contribution in [0.25, 0.3) is 10.6 Å². The Morgan fingerprint density at radius 1 is 1.07 bits per heavy atom. The summed E-state index contributed by atoms with van der Waals surface area (Å²) >= 11 is 1.34. The van der Waals surface area contributed by atoms with Gasteiger partial charge >= 0.3 is 0 Å². The van der Waals surface area contributed by atoms with Crippen LogP contribution >= 0.6 is 11.3 Å². The molecule has 2 aromatic carbocycles. The molecule has 43 heavy (non-hydrogen) atoms. The molecule has 3 heterocycles. The Hall–Kier alpha value is -3.45. The molecule has 1 N–H and O–H groups in total. The van der Waals surface area contributed by atoms with Gasteiger partial charge in [0.05, 0.1) is 46.9 Å². The van der Waals surface area contributed by atoms with Crippen molar-refractivity contribution in [3.8, 4) is 10.6 Å². The molecule has 1 atom stereocenters. The Morgan fingerprint density at radius 3 is 2.58 bits per heavy atom. The van der Waals surface area contributed by atoms with Crippen LogP contribution in [0.4, 0.5) is 5.13 Å². The van der Waals surface area contributed by atoms with E-state index in [9.17, 15) is 13.2 Å². The maximum atomic E-state index is 13.6. The quantitative estimate of drug-likeness (QED) is 0.205. The zero-order chi connectivity index (χ0) is 29.6. The maximum Gasteiger partial charge on any atom is 0.233 e. The van der Waals surface area contributed by atoms with Gasteiger partial charge in [-0.25, -0.2) is 18.1 Å². The van der Waals surface area contributed by atoms with Gasteiger partial charge in [0.25, 0.3) is 0 Å². The van der Waals surface area contributed by atoms with Gasteiger partial charge in [-0.1, -0.05) is 59.0 Å². The lowest BCUT2D eigenvalue weighted by Crippen LogP contribution is -2.26. The van der Waals surface area contributed by atoms with Gasteiger partial charge in [-0.05, 0) is 61.3 Å². The summed E-state index contributed by atoms with van der Waals surface area (Å²) in [6, 6.07) is 16.9. The minimum atomic E-state index is -3.29. The Bertz CT molecular complexity index is 1610. The van der Waals surface area contributed by atoms with Crippen LogP contribution in [0.1, 0.15) is 49.1 Å². The monoisotopic (exact) mass is 621 g/mol. The number of anilines is 1. The van der Waals surface area contributed by atoms with E-state index in [1.165, 1.54) is 11.3 Å². The number of amides is 1. The first-order valence-electron chi connectivity index (χ1n) is 14.7. The zero-order valence-electron chi connectivity index (χ0n) is 23.8. The van der Waals surface area contributed by atoms with E-state index in [2.05, 4.69) is 20.6 Å². The number of carbonyl (C=O) groups excluding carboxylic acids is 1. The summed E-state index contributed by atoms with van der Waals surface area (Å²) in [6.45, 7) is 2.99. The molecule has 0 bridgehead atoms. The smallest absolute Gasteiger partial charge is 0.233 e. The number of rotatable bonds is 13. The van der Waals surface area contributed by atoms with Crippen molar-refractivity contribution in [3.63, 3.8) is 0 Å². The van der Waals surface area contributed by atoms with E-state index < -0.39 is 15.8 Å². The number of nitrogens with zero attached hydrogens (tertiary/aromatic N) is 4. The van der Waals surface area contributed by atoms with Crippen molar-refractivity contribution < 1.29 is 22.7 Å². The van der Waals surface area contributed by atoms with Crippen LogP contribution < -0.4 is 5.32 Å². The molecule has 12 heteroatoms. The number of benzene rings is 2. The third kappa shape index (κ3) is 7.56. The predicted molar refractivity (Wildman–Crippen MR) is 163 cm³/mol. The first kappa shape index (κ1) is 29.6. The second kappa shape index (κ2) is 13.5. The van der Waals surface area contributed by atoms with Crippen molar-refractivity contribution in [2.24, 2.45) is 5.92 Å². The number of sulfone groups is 1. The van der Waals surface area contributed by atoms with Crippen LogP contribution in [0.3, 0.4) is 0 Å². The molecule has 6 rings (SSSR count). The average molecular weight is 622 g/mol. The van der Waals surface area contributed by atoms with Crippen LogP contribution in [0.5, 0.6) is 0 Å². The molecule has 1 saturated carbocycles. The fourth-order valence-electron chi connectivity index (χ4n) is 5.26. The summed E-state index contributed by atoms with van der Waals surface area (Å²) in [5.41, 5.74) is 2.59. The highest BCUT2D eigenvalue weighted by Gasteiger charge is 2.37. The van der Waals surface area contributed by atoms with Crippen LogP contribution in [0, 0.1) is 5.92 Å². The molecule has 1 amide bonds. The second-order valence-corrected chi connectivity index (χ2v) is 14.3. The molecular weight excluding hydrogens is 587 g/mol. The predicted octanol–water partition coefficient (Wildman–Crippen LogP) is 5.09. The summed E-state index contributed by atoms with van der Waals surface area (Å²) in [5, 5.41) is 11.7. The number of ether oxygens (including phenoxy) is 2. The van der Waals surface area contributed by atoms with E-state index in [-0.39, 0.29) is 11.2 Å². The van der Waals surface area contributed by atoms with Crippen molar-refractivity contribution in [1.82, 2.24) is 20.0 Å². The molecule has 1 saturated heterocycles. The highest BCUT2D eigenvalue weighted by Crippen LogP contribution is 2.36. The van der Waals surface area contributed by atoms with Crippen molar-refractivity contribution in [1.29, 1.82) is 0 Å². The number of thiazole rings is 1. The van der Waals surface area contributed by atoms with Gasteiger partial charge in [0, 0.05) is 19.4 Å². The van der Waals surface area contributed by atoms with E-state index in [1.807, 2.05) is 36.5 Å². The summed E-state index contributed by atoms with van der Waals surface area (Å²) in [5.74, 6) is -0.257. The largest absolute Gasteiger partial charge is 0.381 e. The molecular formula is C31H35N5O5S2. The standard InChI is InChI=1S/C31H35N5O5S2/c37-30(27(18-22-12-15-40-16-13-22)24-6-8-25(9-7-24)43(38,39)26-10-11-26)33-31-32-19-29(42-31)28-20-36(35-34-28)14-17-41-21-23-4-2-1-3-5-23/h1-9,19-20,22,26-27H,10-18,21H2,(H,32,33,37). The topological polar surface area (TPSA) is 125 Å². The second-order valence-electron chi connectivity index (χ2n) is 11.1. The van der Waals surface area contributed by atoms with Crippen molar-refractivity contribution >= 4 is 32.2 Å². The molecule has 2 fully saturated rings. The molecule has 1 unspecified atom stereocenters. The lowest BCUT2D eigenvalue weighted by Gasteiger charge is -2.26. The van der Waals surface area contributed by atoms with E-state index in [1.54, 1.807) is 35.1 Å². The van der Waals surface area contributed by atoms with Gasteiger partial charge in [-0.2, -0.15) is 0 Å². The third-order valence-electron chi connectivity index (χ3n) is 7.90. The Morgan fingerprint density at radius 2 is 1.84 bits per heavy atom. The van der Waals surface area contributed by atoms with Crippen LogP contribution in [-0.2, 0) is 37.3 Å². The summed E-state index contributed by atoms with van der Waals surface area (Å²) in [4.78, 5) is 19.2. The van der Waals surface area contributed by atoms with E-state index in [4.69, 9.17) is 9.47 Å². The number of hydrogen-bond acceptors (Lipinski definition) is 9. The van der Waals surface area contributed by atoms with Gasteiger partial charge in [-0.15, -0.1) is 5.10 Å². The molecule has 4 aromatic rings. The number of nitrogens with one attached hydrogen (secondary N) is 1. The lowest BCUT2D eigenvalue weighted by atomic mass is 9.84. The van der Waals surface area contributed by atoms with Gasteiger partial charge in [0.1, 0.15) is 5.69 Å². The molecule has 1 aliphatic carbocycles.